The SMILES string of the molecule is OC1CCCC1CNc1ncc2ccccc2n1. The number of hydrogen-bond donors (Lipinski definition) is 2. The maximum Gasteiger partial charge on any atom is 0.223 e. The summed E-state index contributed by atoms with van der Waals surface area (Å²) in [5.41, 5.74) is 0.946. The Morgan fingerprint density at radius 1 is 1.28 bits per heavy atom. The Kier molecular flexibility index (Phi) is 3.11. The van der Waals surface area contributed by atoms with Crippen LogP contribution in [-0.4, -0.2) is 27.7 Å². The quantitative estimate of drug-likeness (QED) is 0.867. The molecule has 0 spiro atoms. The number of anilines is 1. The van der Waals surface area contributed by atoms with E-state index in [0.717, 1.165) is 36.7 Å². The van der Waals surface area contributed by atoms with Gasteiger partial charge >= 0.3 is 0 Å². The fourth-order valence-corrected chi connectivity index (χ4v) is 2.54. The Morgan fingerprint density at radius 2 is 2.17 bits per heavy atom. The van der Waals surface area contributed by atoms with E-state index < -0.39 is 0 Å². The molecular weight excluding hydrogens is 226 g/mol. The lowest BCUT2D eigenvalue weighted by Gasteiger charge is -2.14. The molecular formula is C14H17N3O. The molecule has 4 nitrogen and oxygen atoms in total. The lowest BCUT2D eigenvalue weighted by molar-refractivity contribution is 0.138. The molecule has 1 fully saturated rings. The van der Waals surface area contributed by atoms with Crippen molar-refractivity contribution in [2.75, 3.05) is 11.9 Å². The third kappa shape index (κ3) is 2.29. The number of rotatable bonds is 3. The van der Waals surface area contributed by atoms with Crippen LogP contribution in [0, 0.1) is 5.92 Å². The summed E-state index contributed by atoms with van der Waals surface area (Å²) in [6, 6.07) is 7.93. The van der Waals surface area contributed by atoms with Crippen molar-refractivity contribution >= 4 is 16.9 Å². The van der Waals surface area contributed by atoms with Crippen molar-refractivity contribution in [3.8, 4) is 0 Å². The van der Waals surface area contributed by atoms with Gasteiger partial charge in [0.2, 0.25) is 5.95 Å². The van der Waals surface area contributed by atoms with Gasteiger partial charge in [-0.3, -0.25) is 0 Å². The number of nitrogens with zero attached hydrogens (tertiary/aromatic N) is 2. The number of aliphatic hydroxyl groups excluding tert-OH is 1. The van der Waals surface area contributed by atoms with Gasteiger partial charge < -0.3 is 10.4 Å². The van der Waals surface area contributed by atoms with Crippen LogP contribution in [0.25, 0.3) is 10.9 Å². The van der Waals surface area contributed by atoms with E-state index in [9.17, 15) is 5.11 Å². The van der Waals surface area contributed by atoms with E-state index in [1.54, 1.807) is 0 Å². The van der Waals surface area contributed by atoms with E-state index in [-0.39, 0.29) is 6.10 Å². The van der Waals surface area contributed by atoms with E-state index >= 15 is 0 Å². The van der Waals surface area contributed by atoms with E-state index in [0.29, 0.717) is 11.9 Å². The molecule has 1 aromatic heterocycles. The number of fused-ring (bicyclic) bond motifs is 1. The highest BCUT2D eigenvalue weighted by Crippen LogP contribution is 2.25. The summed E-state index contributed by atoms with van der Waals surface area (Å²) in [6.45, 7) is 0.750. The van der Waals surface area contributed by atoms with Crippen LogP contribution in [0.2, 0.25) is 0 Å². The second-order valence-electron chi connectivity index (χ2n) is 4.89. The van der Waals surface area contributed by atoms with E-state index in [1.807, 2.05) is 30.5 Å². The Hall–Kier alpha value is -1.68. The van der Waals surface area contributed by atoms with Crippen molar-refractivity contribution < 1.29 is 5.11 Å². The van der Waals surface area contributed by atoms with Gasteiger partial charge in [0.25, 0.3) is 0 Å². The molecule has 2 aromatic rings. The maximum atomic E-state index is 9.76. The molecule has 18 heavy (non-hydrogen) atoms. The first-order valence-electron chi connectivity index (χ1n) is 6.46. The van der Waals surface area contributed by atoms with Gasteiger partial charge in [0.1, 0.15) is 0 Å². The van der Waals surface area contributed by atoms with Crippen LogP contribution in [-0.2, 0) is 0 Å². The van der Waals surface area contributed by atoms with Crippen LogP contribution in [0.4, 0.5) is 5.95 Å². The van der Waals surface area contributed by atoms with Crippen molar-refractivity contribution in [2.45, 2.75) is 25.4 Å². The summed E-state index contributed by atoms with van der Waals surface area (Å²) >= 11 is 0. The van der Waals surface area contributed by atoms with Crippen molar-refractivity contribution in [3.63, 3.8) is 0 Å². The molecule has 0 amide bonds. The predicted molar refractivity (Wildman–Crippen MR) is 71.4 cm³/mol. The molecule has 1 saturated carbocycles. The molecule has 1 heterocycles. The number of hydrogen-bond acceptors (Lipinski definition) is 4. The van der Waals surface area contributed by atoms with Gasteiger partial charge in [0, 0.05) is 24.0 Å². The number of nitrogens with one attached hydrogen (secondary N) is 1. The van der Waals surface area contributed by atoms with Gasteiger partial charge in [-0.1, -0.05) is 24.6 Å². The van der Waals surface area contributed by atoms with Crippen LogP contribution < -0.4 is 5.32 Å². The standard InChI is InChI=1S/C14H17N3O/c18-13-7-3-5-11(13)9-16-14-15-8-10-4-1-2-6-12(10)17-14/h1-2,4,6,8,11,13,18H,3,5,7,9H2,(H,15,16,17). The molecule has 3 rings (SSSR count). The number of aliphatic hydroxyl groups is 1. The van der Waals surface area contributed by atoms with E-state index in [1.165, 1.54) is 0 Å². The van der Waals surface area contributed by atoms with Gasteiger partial charge in [0.05, 0.1) is 11.6 Å². The molecule has 0 saturated heterocycles. The minimum atomic E-state index is -0.169. The Bertz CT molecular complexity index is 543. The maximum absolute atomic E-state index is 9.76. The molecule has 1 aliphatic carbocycles. The molecule has 2 N–H and O–H groups in total. The highest BCUT2D eigenvalue weighted by atomic mass is 16.3. The summed E-state index contributed by atoms with van der Waals surface area (Å²) in [6.07, 6.45) is 4.78. The van der Waals surface area contributed by atoms with Gasteiger partial charge in [0.15, 0.2) is 0 Å². The first-order chi connectivity index (χ1) is 8.83. The summed E-state index contributed by atoms with van der Waals surface area (Å²) in [7, 11) is 0. The van der Waals surface area contributed by atoms with E-state index in [4.69, 9.17) is 0 Å². The van der Waals surface area contributed by atoms with Crippen molar-refractivity contribution in [2.24, 2.45) is 5.92 Å². The fourth-order valence-electron chi connectivity index (χ4n) is 2.54. The van der Waals surface area contributed by atoms with Gasteiger partial charge in [-0.25, -0.2) is 9.97 Å². The van der Waals surface area contributed by atoms with Crippen molar-refractivity contribution in [3.05, 3.63) is 30.5 Å². The van der Waals surface area contributed by atoms with Crippen LogP contribution in [0.1, 0.15) is 19.3 Å². The number of para-hydroxylation sites is 1. The van der Waals surface area contributed by atoms with Gasteiger partial charge in [-0.05, 0) is 18.9 Å². The van der Waals surface area contributed by atoms with E-state index in [2.05, 4.69) is 15.3 Å². The summed E-state index contributed by atoms with van der Waals surface area (Å²) < 4.78 is 0. The fraction of sp³-hybridized carbons (Fsp3) is 0.429. The molecule has 0 aliphatic heterocycles. The zero-order chi connectivity index (χ0) is 12.4. The zero-order valence-corrected chi connectivity index (χ0v) is 10.2. The van der Waals surface area contributed by atoms with Gasteiger partial charge in [-0.15, -0.1) is 0 Å². The zero-order valence-electron chi connectivity index (χ0n) is 10.2. The summed E-state index contributed by atoms with van der Waals surface area (Å²) in [4.78, 5) is 8.75. The summed E-state index contributed by atoms with van der Waals surface area (Å²) in [5, 5.41) is 14.0. The summed E-state index contributed by atoms with van der Waals surface area (Å²) in [5.74, 6) is 0.980. The highest BCUT2D eigenvalue weighted by molar-refractivity contribution is 5.78. The molecule has 2 atom stereocenters. The normalized spacial score (nSPS) is 23.4. The third-order valence-electron chi connectivity index (χ3n) is 3.63. The number of benzene rings is 1. The molecule has 1 aliphatic rings. The second-order valence-corrected chi connectivity index (χ2v) is 4.89. The average Bonchev–Trinajstić information content (AvgIpc) is 2.82. The number of aromatic nitrogens is 2. The lowest BCUT2D eigenvalue weighted by atomic mass is 10.1. The monoisotopic (exact) mass is 243 g/mol. The smallest absolute Gasteiger partial charge is 0.223 e. The Labute approximate surface area is 106 Å². The molecule has 0 radical (unpaired) electrons. The topological polar surface area (TPSA) is 58.0 Å². The van der Waals surface area contributed by atoms with Crippen LogP contribution in [0.3, 0.4) is 0 Å². The first-order valence-corrected chi connectivity index (χ1v) is 6.46. The van der Waals surface area contributed by atoms with Gasteiger partial charge in [-0.2, -0.15) is 0 Å². The van der Waals surface area contributed by atoms with Crippen LogP contribution >= 0.6 is 0 Å². The van der Waals surface area contributed by atoms with Crippen molar-refractivity contribution in [1.82, 2.24) is 9.97 Å². The highest BCUT2D eigenvalue weighted by Gasteiger charge is 2.24. The lowest BCUT2D eigenvalue weighted by Crippen LogP contribution is -2.22. The average molecular weight is 243 g/mol. The molecule has 1 aromatic carbocycles. The molecule has 94 valence electrons. The first kappa shape index (κ1) is 11.4. The third-order valence-corrected chi connectivity index (χ3v) is 3.63. The Balaban J connectivity index is 1.71. The Morgan fingerprint density at radius 3 is 3.00 bits per heavy atom. The largest absolute Gasteiger partial charge is 0.393 e. The van der Waals surface area contributed by atoms with Crippen LogP contribution in [0.15, 0.2) is 30.5 Å². The molecule has 4 heteroatoms. The second kappa shape index (κ2) is 4.90. The molecule has 0 bridgehead atoms. The minimum Gasteiger partial charge on any atom is -0.393 e. The minimum absolute atomic E-state index is 0.169. The van der Waals surface area contributed by atoms with Crippen LogP contribution in [0.5, 0.6) is 0 Å². The van der Waals surface area contributed by atoms with Crippen molar-refractivity contribution in [1.29, 1.82) is 0 Å². The molecule has 2 unspecified atom stereocenters. The predicted octanol–water partition coefficient (Wildman–Crippen LogP) is 2.20.